The Bertz CT molecular complexity index is 322. The van der Waals surface area contributed by atoms with Crippen molar-refractivity contribution in [2.75, 3.05) is 32.1 Å². The van der Waals surface area contributed by atoms with Crippen molar-refractivity contribution >= 4 is 17.3 Å². The van der Waals surface area contributed by atoms with E-state index in [0.29, 0.717) is 0 Å². The Kier molecular flexibility index (Phi) is 7.60. The van der Waals surface area contributed by atoms with Crippen LogP contribution in [0.25, 0.3) is 5.57 Å². The fraction of sp³-hybridized carbons (Fsp3) is 0.429. The first kappa shape index (κ1) is 14.1. The van der Waals surface area contributed by atoms with Gasteiger partial charge in [-0.25, -0.2) is 0 Å². The third-order valence-electron chi connectivity index (χ3n) is 2.46. The van der Waals surface area contributed by atoms with E-state index in [1.807, 2.05) is 24.9 Å². The molecule has 17 heavy (non-hydrogen) atoms. The lowest BCUT2D eigenvalue weighted by Crippen LogP contribution is -2.14. The van der Waals surface area contributed by atoms with Crippen LogP contribution in [0, 0.1) is 0 Å². The van der Waals surface area contributed by atoms with E-state index in [1.165, 1.54) is 23.3 Å². The molecule has 0 aliphatic carbocycles. The summed E-state index contributed by atoms with van der Waals surface area (Å²) in [6.45, 7) is 1.93. The second kappa shape index (κ2) is 9.14. The Hall–Kier alpha value is -0.930. The summed E-state index contributed by atoms with van der Waals surface area (Å²) >= 11 is 1.89. The van der Waals surface area contributed by atoms with E-state index >= 15 is 0 Å². The molecule has 0 unspecified atom stereocenters. The van der Waals surface area contributed by atoms with Crippen LogP contribution in [0.5, 0.6) is 0 Å². The molecule has 1 aromatic rings. The zero-order chi connectivity index (χ0) is 12.3. The summed E-state index contributed by atoms with van der Waals surface area (Å²) in [5.74, 6) is 1.22. The van der Waals surface area contributed by atoms with Crippen LogP contribution in [-0.2, 0) is 0 Å². The lowest BCUT2D eigenvalue weighted by molar-refractivity contribution is 0.812. The van der Waals surface area contributed by atoms with Gasteiger partial charge in [0.25, 0.3) is 0 Å². The van der Waals surface area contributed by atoms with Gasteiger partial charge in [-0.1, -0.05) is 30.3 Å². The molecule has 0 atom stereocenters. The highest BCUT2D eigenvalue weighted by Gasteiger charge is 1.98. The van der Waals surface area contributed by atoms with Crippen LogP contribution < -0.4 is 10.6 Å². The van der Waals surface area contributed by atoms with E-state index in [0.717, 1.165) is 13.1 Å². The Labute approximate surface area is 109 Å². The summed E-state index contributed by atoms with van der Waals surface area (Å²) in [5.41, 5.74) is 2.58. The molecular formula is C14H22N2S. The number of rotatable bonds is 8. The van der Waals surface area contributed by atoms with Gasteiger partial charge in [-0.15, -0.1) is 0 Å². The minimum Gasteiger partial charge on any atom is -0.391 e. The minimum atomic E-state index is 0.888. The van der Waals surface area contributed by atoms with Gasteiger partial charge >= 0.3 is 0 Å². The molecule has 1 aromatic carbocycles. The van der Waals surface area contributed by atoms with Crippen molar-refractivity contribution in [3.8, 4) is 0 Å². The molecule has 2 N–H and O–H groups in total. The molecule has 0 fully saturated rings. The first-order chi connectivity index (χ1) is 8.38. The van der Waals surface area contributed by atoms with Crippen molar-refractivity contribution in [2.24, 2.45) is 0 Å². The number of nitrogens with one attached hydrogen (secondary N) is 2. The Morgan fingerprint density at radius 1 is 1.29 bits per heavy atom. The molecule has 0 spiro atoms. The Morgan fingerprint density at radius 2 is 2.06 bits per heavy atom. The molecule has 1 rings (SSSR count). The largest absolute Gasteiger partial charge is 0.391 e. The monoisotopic (exact) mass is 250 g/mol. The van der Waals surface area contributed by atoms with Crippen LogP contribution in [-0.4, -0.2) is 32.1 Å². The summed E-state index contributed by atoms with van der Waals surface area (Å²) < 4.78 is 0. The van der Waals surface area contributed by atoms with Crippen molar-refractivity contribution in [2.45, 2.75) is 6.42 Å². The van der Waals surface area contributed by atoms with E-state index in [-0.39, 0.29) is 0 Å². The zero-order valence-corrected chi connectivity index (χ0v) is 11.5. The van der Waals surface area contributed by atoms with Crippen LogP contribution in [0.1, 0.15) is 12.0 Å². The van der Waals surface area contributed by atoms with E-state index in [2.05, 4.69) is 47.4 Å². The first-order valence-electron chi connectivity index (χ1n) is 6.00. The number of thioether (sulfide) groups is 1. The summed E-state index contributed by atoms with van der Waals surface area (Å²) in [5, 5.41) is 6.59. The maximum atomic E-state index is 3.39. The van der Waals surface area contributed by atoms with Gasteiger partial charge in [0.05, 0.1) is 0 Å². The second-order valence-electron chi connectivity index (χ2n) is 3.87. The van der Waals surface area contributed by atoms with E-state index in [9.17, 15) is 0 Å². The summed E-state index contributed by atoms with van der Waals surface area (Å²) in [6, 6.07) is 10.5. The van der Waals surface area contributed by atoms with Crippen LogP contribution in [0.15, 0.2) is 36.5 Å². The van der Waals surface area contributed by atoms with Crippen molar-refractivity contribution in [3.63, 3.8) is 0 Å². The van der Waals surface area contributed by atoms with Gasteiger partial charge in [0.1, 0.15) is 0 Å². The highest BCUT2D eigenvalue weighted by atomic mass is 32.2. The van der Waals surface area contributed by atoms with Crippen LogP contribution in [0.4, 0.5) is 0 Å². The zero-order valence-electron chi connectivity index (χ0n) is 10.7. The predicted molar refractivity (Wildman–Crippen MR) is 79.3 cm³/mol. The number of hydrogen-bond donors (Lipinski definition) is 2. The minimum absolute atomic E-state index is 0.888. The number of benzene rings is 1. The fourth-order valence-electron chi connectivity index (χ4n) is 1.59. The van der Waals surface area contributed by atoms with Crippen LogP contribution in [0.2, 0.25) is 0 Å². The van der Waals surface area contributed by atoms with Crippen molar-refractivity contribution in [3.05, 3.63) is 42.1 Å². The molecule has 0 bridgehead atoms. The molecule has 3 heteroatoms. The normalized spacial score (nSPS) is 11.5. The van der Waals surface area contributed by atoms with Crippen molar-refractivity contribution < 1.29 is 0 Å². The van der Waals surface area contributed by atoms with E-state index in [1.54, 1.807) is 0 Å². The topological polar surface area (TPSA) is 24.1 Å². The van der Waals surface area contributed by atoms with Gasteiger partial charge < -0.3 is 10.6 Å². The highest BCUT2D eigenvalue weighted by Crippen LogP contribution is 2.11. The Balaban J connectivity index is 2.50. The SMILES string of the molecule is CNC/C(=C\NCCCSC)c1ccccc1. The molecule has 0 aliphatic rings. The standard InChI is InChI=1S/C14H22N2S/c1-15-11-14(12-16-9-6-10-17-2)13-7-4-3-5-8-13/h3-5,7-8,12,15-16H,6,9-11H2,1-2H3/b14-12+. The fourth-order valence-corrected chi connectivity index (χ4v) is 2.03. The third kappa shape index (κ3) is 5.80. The van der Waals surface area contributed by atoms with Crippen molar-refractivity contribution in [1.82, 2.24) is 10.6 Å². The molecule has 94 valence electrons. The van der Waals surface area contributed by atoms with Gasteiger partial charge in [0.15, 0.2) is 0 Å². The van der Waals surface area contributed by atoms with Gasteiger partial charge in [-0.2, -0.15) is 11.8 Å². The molecule has 0 radical (unpaired) electrons. The molecule has 0 amide bonds. The van der Waals surface area contributed by atoms with Gasteiger partial charge in [-0.3, -0.25) is 0 Å². The highest BCUT2D eigenvalue weighted by molar-refractivity contribution is 7.98. The summed E-state index contributed by atoms with van der Waals surface area (Å²) in [6.07, 6.45) is 5.48. The summed E-state index contributed by atoms with van der Waals surface area (Å²) in [7, 11) is 1.98. The van der Waals surface area contributed by atoms with E-state index in [4.69, 9.17) is 0 Å². The van der Waals surface area contributed by atoms with Crippen LogP contribution >= 0.6 is 11.8 Å². The average Bonchev–Trinajstić information content (AvgIpc) is 2.38. The number of hydrogen-bond acceptors (Lipinski definition) is 3. The lowest BCUT2D eigenvalue weighted by atomic mass is 10.1. The van der Waals surface area contributed by atoms with Crippen molar-refractivity contribution in [1.29, 1.82) is 0 Å². The van der Waals surface area contributed by atoms with Gasteiger partial charge in [0, 0.05) is 19.3 Å². The second-order valence-corrected chi connectivity index (χ2v) is 4.85. The van der Waals surface area contributed by atoms with Gasteiger partial charge in [0.2, 0.25) is 0 Å². The quantitative estimate of drug-likeness (QED) is 0.694. The first-order valence-corrected chi connectivity index (χ1v) is 7.39. The maximum Gasteiger partial charge on any atom is 0.0222 e. The molecule has 0 saturated heterocycles. The maximum absolute atomic E-state index is 3.39. The predicted octanol–water partition coefficient (Wildman–Crippen LogP) is 2.59. The molecular weight excluding hydrogens is 228 g/mol. The average molecular weight is 250 g/mol. The smallest absolute Gasteiger partial charge is 0.0222 e. The molecule has 0 heterocycles. The lowest BCUT2D eigenvalue weighted by Gasteiger charge is -2.08. The van der Waals surface area contributed by atoms with E-state index < -0.39 is 0 Å². The summed E-state index contributed by atoms with van der Waals surface area (Å²) in [4.78, 5) is 0. The third-order valence-corrected chi connectivity index (χ3v) is 3.15. The van der Waals surface area contributed by atoms with Gasteiger partial charge in [-0.05, 0) is 36.6 Å². The molecule has 0 saturated carbocycles. The molecule has 0 aromatic heterocycles. The van der Waals surface area contributed by atoms with Crippen LogP contribution in [0.3, 0.4) is 0 Å². The number of likely N-dealkylation sites (N-methyl/N-ethyl adjacent to an activating group) is 1. The Morgan fingerprint density at radius 3 is 2.71 bits per heavy atom. The molecule has 0 aliphatic heterocycles. The molecule has 2 nitrogen and oxygen atoms in total.